The first kappa shape index (κ1) is 22.8. The van der Waals surface area contributed by atoms with Gasteiger partial charge in [-0.15, -0.1) is 0 Å². The summed E-state index contributed by atoms with van der Waals surface area (Å²) in [5, 5.41) is 21.3. The van der Waals surface area contributed by atoms with Crippen LogP contribution in [0.1, 0.15) is 0 Å². The van der Waals surface area contributed by atoms with Gasteiger partial charge in [0.2, 0.25) is 0 Å². The average molecular weight is 420 g/mol. The largest absolute Gasteiger partial charge is 1.00 e. The molecule has 0 radical (unpaired) electrons. The van der Waals surface area contributed by atoms with E-state index in [1.807, 2.05) is 30.3 Å². The van der Waals surface area contributed by atoms with Crippen molar-refractivity contribution in [3.05, 3.63) is 66.7 Å². The first-order chi connectivity index (χ1) is 13.2. The Hall–Kier alpha value is -2.49. The van der Waals surface area contributed by atoms with Crippen LogP contribution >= 0.6 is 0 Å². The Bertz CT molecular complexity index is 1290. The number of phenolic OH excluding ortho intramolecular Hbond substituents is 2. The number of rotatable bonds is 1. The Morgan fingerprint density at radius 2 is 1.34 bits per heavy atom. The third-order valence-electron chi connectivity index (χ3n) is 4.23. The van der Waals surface area contributed by atoms with E-state index >= 15 is 0 Å². The summed E-state index contributed by atoms with van der Waals surface area (Å²) in [6.07, 6.45) is 0. The van der Waals surface area contributed by atoms with E-state index in [0.717, 1.165) is 16.8 Å². The van der Waals surface area contributed by atoms with Gasteiger partial charge in [0.15, 0.2) is 0 Å². The van der Waals surface area contributed by atoms with Crippen LogP contribution in [0.25, 0.3) is 21.5 Å². The van der Waals surface area contributed by atoms with E-state index in [4.69, 9.17) is 11.5 Å². The van der Waals surface area contributed by atoms with Crippen LogP contribution in [-0.2, 0) is 10.1 Å². The molecular formula is C20H17N2NaO5S. The fourth-order valence-electron chi connectivity index (χ4n) is 2.83. The van der Waals surface area contributed by atoms with Gasteiger partial charge in [0.1, 0.15) is 21.6 Å². The Morgan fingerprint density at radius 1 is 0.793 bits per heavy atom. The second-order valence-electron chi connectivity index (χ2n) is 6.03. The molecular weight excluding hydrogens is 403 g/mol. The molecule has 0 heterocycles. The summed E-state index contributed by atoms with van der Waals surface area (Å²) in [7, 11) is -4.63. The predicted molar refractivity (Wildman–Crippen MR) is 108 cm³/mol. The molecule has 0 aliphatic heterocycles. The Kier molecular flexibility index (Phi) is 6.99. The van der Waals surface area contributed by atoms with E-state index in [1.54, 1.807) is 24.3 Å². The number of fused-ring (bicyclic) bond motifs is 2. The Labute approximate surface area is 189 Å². The molecule has 29 heavy (non-hydrogen) atoms. The zero-order chi connectivity index (χ0) is 20.5. The van der Waals surface area contributed by atoms with Gasteiger partial charge in [-0.3, -0.25) is 0 Å². The third kappa shape index (κ3) is 4.75. The van der Waals surface area contributed by atoms with Crippen LogP contribution < -0.4 is 41.0 Å². The molecule has 0 fully saturated rings. The summed E-state index contributed by atoms with van der Waals surface area (Å²) in [6, 6.07) is 18.3. The summed E-state index contributed by atoms with van der Waals surface area (Å²) >= 11 is 0. The maximum Gasteiger partial charge on any atom is 1.00 e. The first-order valence-electron chi connectivity index (χ1n) is 8.12. The Morgan fingerprint density at radius 3 is 1.97 bits per heavy atom. The van der Waals surface area contributed by atoms with Crippen molar-refractivity contribution < 1.29 is 52.7 Å². The molecule has 0 aromatic heterocycles. The van der Waals surface area contributed by atoms with Gasteiger partial charge in [-0.05, 0) is 11.5 Å². The number of hydrogen-bond donors (Lipinski definition) is 4. The fraction of sp³-hybridized carbons (Fsp3) is 0. The van der Waals surface area contributed by atoms with Crippen LogP contribution in [0.4, 0.5) is 11.4 Å². The van der Waals surface area contributed by atoms with Crippen molar-refractivity contribution in [1.82, 2.24) is 0 Å². The van der Waals surface area contributed by atoms with Crippen molar-refractivity contribution in [2.75, 3.05) is 11.5 Å². The molecule has 144 valence electrons. The molecule has 0 spiro atoms. The molecule has 6 N–H and O–H groups in total. The van der Waals surface area contributed by atoms with Gasteiger partial charge in [0, 0.05) is 22.2 Å². The molecule has 0 aliphatic rings. The predicted octanol–water partition coefficient (Wildman–Crippen LogP) is 0.163. The zero-order valence-corrected chi connectivity index (χ0v) is 18.3. The first-order valence-corrected chi connectivity index (χ1v) is 9.53. The van der Waals surface area contributed by atoms with Gasteiger partial charge in [0.05, 0.1) is 16.3 Å². The topological polar surface area (TPSA) is 150 Å². The minimum absolute atomic E-state index is 0. The molecule has 0 saturated heterocycles. The maximum absolute atomic E-state index is 11.0. The normalized spacial score (nSPS) is 10.8. The number of benzene rings is 4. The molecule has 0 saturated carbocycles. The van der Waals surface area contributed by atoms with Crippen LogP contribution in [0, 0.1) is 0 Å². The minimum Gasteiger partial charge on any atom is -0.744 e. The van der Waals surface area contributed by atoms with E-state index in [9.17, 15) is 23.2 Å². The smallest absolute Gasteiger partial charge is 0.744 e. The quantitative estimate of drug-likeness (QED) is 0.148. The minimum atomic E-state index is -4.63. The van der Waals surface area contributed by atoms with Crippen LogP contribution in [0.2, 0.25) is 0 Å². The monoisotopic (exact) mass is 420 g/mol. The van der Waals surface area contributed by atoms with Crippen LogP contribution in [0.3, 0.4) is 0 Å². The standard InChI is InChI=1S/C10H9NO4S.C10H9NO.Na/c11-10-7-4-2-1-3-6(7)9(5-8(10)12)16(13,14)15;11-9-6-5-7-3-1-2-4-8(7)10(9)12;/h1-5,12H,11H2,(H,13,14,15);1-6,12H,11H2;/q;;+1/p-1. The molecule has 4 aromatic carbocycles. The van der Waals surface area contributed by atoms with Gasteiger partial charge < -0.3 is 26.2 Å². The summed E-state index contributed by atoms with van der Waals surface area (Å²) in [4.78, 5) is -0.463. The van der Waals surface area contributed by atoms with E-state index in [2.05, 4.69) is 0 Å². The van der Waals surface area contributed by atoms with Crippen molar-refractivity contribution in [1.29, 1.82) is 0 Å². The van der Waals surface area contributed by atoms with E-state index < -0.39 is 20.8 Å². The molecule has 4 rings (SSSR count). The van der Waals surface area contributed by atoms with Gasteiger partial charge in [0.25, 0.3) is 0 Å². The van der Waals surface area contributed by atoms with Crippen LogP contribution in [0.5, 0.6) is 11.5 Å². The number of phenols is 2. The van der Waals surface area contributed by atoms with Crippen molar-refractivity contribution in [2.45, 2.75) is 4.90 Å². The summed E-state index contributed by atoms with van der Waals surface area (Å²) in [5.74, 6) is -0.235. The van der Waals surface area contributed by atoms with Gasteiger partial charge in [-0.25, -0.2) is 8.42 Å². The number of aromatic hydroxyl groups is 2. The second kappa shape index (κ2) is 8.89. The van der Waals surface area contributed by atoms with E-state index in [0.29, 0.717) is 11.1 Å². The Balaban J connectivity index is 0.000000207. The van der Waals surface area contributed by atoms with Crippen LogP contribution in [0.15, 0.2) is 71.6 Å². The maximum atomic E-state index is 11.0. The molecule has 7 nitrogen and oxygen atoms in total. The average Bonchev–Trinajstić information content (AvgIpc) is 2.67. The molecule has 0 unspecified atom stereocenters. The second-order valence-corrected chi connectivity index (χ2v) is 7.38. The van der Waals surface area contributed by atoms with Crippen molar-refractivity contribution in [3.8, 4) is 11.5 Å². The number of hydrogen-bond acceptors (Lipinski definition) is 7. The molecule has 0 amide bonds. The van der Waals surface area contributed by atoms with Crippen molar-refractivity contribution in [3.63, 3.8) is 0 Å². The summed E-state index contributed by atoms with van der Waals surface area (Å²) in [6.45, 7) is 0. The van der Waals surface area contributed by atoms with Gasteiger partial charge >= 0.3 is 29.6 Å². The summed E-state index contributed by atoms with van der Waals surface area (Å²) < 4.78 is 33.0. The zero-order valence-electron chi connectivity index (χ0n) is 15.5. The van der Waals surface area contributed by atoms with E-state index in [-0.39, 0.29) is 46.4 Å². The van der Waals surface area contributed by atoms with E-state index in [1.165, 1.54) is 6.07 Å². The van der Waals surface area contributed by atoms with Crippen LogP contribution in [-0.4, -0.2) is 23.2 Å². The number of anilines is 2. The molecule has 0 atom stereocenters. The molecule has 0 aliphatic carbocycles. The third-order valence-corrected chi connectivity index (χ3v) is 5.10. The SMILES string of the molecule is Nc1c(O)cc(S(=O)(=O)[O-])c2ccccc12.Nc1ccc2ccccc2c1O.[Na+]. The number of nitrogens with two attached hydrogens (primary N) is 2. The molecule has 0 bridgehead atoms. The van der Waals surface area contributed by atoms with Crippen molar-refractivity contribution >= 4 is 43.0 Å². The van der Waals surface area contributed by atoms with Crippen molar-refractivity contribution in [2.24, 2.45) is 0 Å². The van der Waals surface area contributed by atoms with Gasteiger partial charge in [-0.2, -0.15) is 0 Å². The summed E-state index contributed by atoms with van der Waals surface area (Å²) in [5.41, 5.74) is 11.6. The fourth-order valence-corrected chi connectivity index (χ4v) is 3.53. The van der Waals surface area contributed by atoms with Gasteiger partial charge in [-0.1, -0.05) is 54.6 Å². The molecule has 9 heteroatoms. The molecule has 4 aromatic rings. The number of nitrogen functional groups attached to an aromatic ring is 2.